The summed E-state index contributed by atoms with van der Waals surface area (Å²) >= 11 is 6.03. The minimum Gasteiger partial charge on any atom is -0.355 e. The Morgan fingerprint density at radius 2 is 1.89 bits per heavy atom. The van der Waals surface area contributed by atoms with Gasteiger partial charge in [-0.1, -0.05) is 24.4 Å². The second kappa shape index (κ2) is 4.57. The van der Waals surface area contributed by atoms with Crippen molar-refractivity contribution in [1.82, 2.24) is 9.97 Å². The highest BCUT2D eigenvalue weighted by atomic mass is 35.5. The van der Waals surface area contributed by atoms with Crippen molar-refractivity contribution in [3.8, 4) is 0 Å². The molecule has 5 heteroatoms. The SMILES string of the molecule is O=c1[nH]cnc(N2CCC3(CCCC3)CC2)c1Cl. The summed E-state index contributed by atoms with van der Waals surface area (Å²) in [5, 5.41) is 0.222. The van der Waals surface area contributed by atoms with Gasteiger partial charge >= 0.3 is 0 Å². The number of piperidine rings is 1. The maximum Gasteiger partial charge on any atom is 0.271 e. The summed E-state index contributed by atoms with van der Waals surface area (Å²) in [6.07, 6.45) is 9.35. The van der Waals surface area contributed by atoms with Crippen LogP contribution >= 0.6 is 11.6 Å². The van der Waals surface area contributed by atoms with Crippen molar-refractivity contribution >= 4 is 17.4 Å². The number of halogens is 1. The van der Waals surface area contributed by atoms with Gasteiger partial charge < -0.3 is 9.88 Å². The van der Waals surface area contributed by atoms with Gasteiger partial charge in [0.15, 0.2) is 5.82 Å². The number of nitrogens with zero attached hydrogens (tertiary/aromatic N) is 2. The van der Waals surface area contributed by atoms with E-state index in [9.17, 15) is 4.79 Å². The molecule has 2 aliphatic rings. The van der Waals surface area contributed by atoms with Crippen LogP contribution < -0.4 is 10.5 Å². The van der Waals surface area contributed by atoms with Crippen LogP contribution in [0.15, 0.2) is 11.1 Å². The summed E-state index contributed by atoms with van der Waals surface area (Å²) in [6.45, 7) is 1.94. The van der Waals surface area contributed by atoms with Gasteiger partial charge in [-0.15, -0.1) is 0 Å². The van der Waals surface area contributed by atoms with Crippen LogP contribution in [-0.2, 0) is 0 Å². The highest BCUT2D eigenvalue weighted by Gasteiger charge is 2.37. The molecule has 2 heterocycles. The van der Waals surface area contributed by atoms with Gasteiger partial charge in [0.2, 0.25) is 0 Å². The molecule has 98 valence electrons. The van der Waals surface area contributed by atoms with Gasteiger partial charge in [-0.25, -0.2) is 4.98 Å². The molecule has 3 rings (SSSR count). The molecule has 0 bridgehead atoms. The second-order valence-electron chi connectivity index (χ2n) is 5.56. The molecule has 1 spiro atoms. The first-order valence-electron chi connectivity index (χ1n) is 6.68. The van der Waals surface area contributed by atoms with Gasteiger partial charge in [0.1, 0.15) is 5.02 Å². The smallest absolute Gasteiger partial charge is 0.271 e. The number of nitrogens with one attached hydrogen (secondary N) is 1. The average Bonchev–Trinajstić information content (AvgIpc) is 2.83. The molecule has 1 saturated heterocycles. The lowest BCUT2D eigenvalue weighted by Gasteiger charge is -2.40. The van der Waals surface area contributed by atoms with Crippen molar-refractivity contribution in [3.63, 3.8) is 0 Å². The fraction of sp³-hybridized carbons (Fsp3) is 0.692. The Morgan fingerprint density at radius 1 is 1.22 bits per heavy atom. The molecular formula is C13H18ClN3O. The number of aromatic amines is 1. The summed E-state index contributed by atoms with van der Waals surface area (Å²) < 4.78 is 0. The van der Waals surface area contributed by atoms with E-state index in [1.807, 2.05) is 0 Å². The minimum atomic E-state index is -0.247. The molecule has 1 N–H and O–H groups in total. The Balaban J connectivity index is 1.76. The molecule has 1 saturated carbocycles. The van der Waals surface area contributed by atoms with E-state index in [0.29, 0.717) is 11.2 Å². The van der Waals surface area contributed by atoms with Crippen molar-refractivity contribution < 1.29 is 0 Å². The first-order chi connectivity index (χ1) is 8.70. The molecule has 2 fully saturated rings. The summed E-state index contributed by atoms with van der Waals surface area (Å²) in [6, 6.07) is 0. The molecule has 1 aliphatic carbocycles. The monoisotopic (exact) mass is 267 g/mol. The molecule has 1 aromatic rings. The zero-order valence-electron chi connectivity index (χ0n) is 10.4. The highest BCUT2D eigenvalue weighted by molar-refractivity contribution is 6.32. The predicted octanol–water partition coefficient (Wildman–Crippen LogP) is 2.58. The Bertz CT molecular complexity index is 483. The maximum atomic E-state index is 11.5. The van der Waals surface area contributed by atoms with E-state index in [-0.39, 0.29) is 10.6 Å². The van der Waals surface area contributed by atoms with Crippen LogP contribution in [0.1, 0.15) is 38.5 Å². The van der Waals surface area contributed by atoms with Crippen molar-refractivity contribution in [2.75, 3.05) is 18.0 Å². The number of aromatic nitrogens is 2. The van der Waals surface area contributed by atoms with Crippen molar-refractivity contribution in [2.24, 2.45) is 5.41 Å². The Morgan fingerprint density at radius 3 is 2.56 bits per heavy atom. The Kier molecular flexibility index (Phi) is 3.06. The molecule has 0 unspecified atom stereocenters. The zero-order valence-corrected chi connectivity index (χ0v) is 11.2. The molecule has 0 atom stereocenters. The van der Waals surface area contributed by atoms with Crippen LogP contribution in [0, 0.1) is 5.41 Å². The third-order valence-electron chi connectivity index (χ3n) is 4.57. The van der Waals surface area contributed by atoms with Crippen molar-refractivity contribution in [1.29, 1.82) is 0 Å². The molecule has 4 nitrogen and oxygen atoms in total. The molecule has 1 aromatic heterocycles. The van der Waals surface area contributed by atoms with E-state index in [1.54, 1.807) is 0 Å². The first-order valence-corrected chi connectivity index (χ1v) is 7.06. The summed E-state index contributed by atoms with van der Waals surface area (Å²) in [5.74, 6) is 0.647. The molecule has 1 aliphatic heterocycles. The lowest BCUT2D eigenvalue weighted by Crippen LogP contribution is -2.40. The van der Waals surface area contributed by atoms with E-state index in [1.165, 1.54) is 44.9 Å². The fourth-order valence-electron chi connectivity index (χ4n) is 3.41. The first kappa shape index (κ1) is 12.0. The van der Waals surface area contributed by atoms with E-state index < -0.39 is 0 Å². The molecule has 0 amide bonds. The third-order valence-corrected chi connectivity index (χ3v) is 4.91. The molecule has 0 radical (unpaired) electrons. The topological polar surface area (TPSA) is 49.0 Å². The molecule has 18 heavy (non-hydrogen) atoms. The summed E-state index contributed by atoms with van der Waals surface area (Å²) in [5.41, 5.74) is 0.326. The van der Waals surface area contributed by atoms with E-state index in [2.05, 4.69) is 14.9 Å². The van der Waals surface area contributed by atoms with Crippen LogP contribution in [-0.4, -0.2) is 23.1 Å². The van der Waals surface area contributed by atoms with Gasteiger partial charge in [0.05, 0.1) is 6.33 Å². The van der Waals surface area contributed by atoms with Gasteiger partial charge in [-0.3, -0.25) is 4.79 Å². The van der Waals surface area contributed by atoms with Crippen molar-refractivity contribution in [2.45, 2.75) is 38.5 Å². The standard InChI is InChI=1S/C13H18ClN3O/c14-10-11(15-9-16-12(10)18)17-7-5-13(6-8-17)3-1-2-4-13/h9H,1-8H2,(H,15,16,18). The third kappa shape index (κ3) is 2.03. The van der Waals surface area contributed by atoms with Gasteiger partial charge in [0.25, 0.3) is 5.56 Å². The van der Waals surface area contributed by atoms with Crippen LogP contribution in [0.5, 0.6) is 0 Å². The number of rotatable bonds is 1. The van der Waals surface area contributed by atoms with Crippen LogP contribution in [0.2, 0.25) is 5.02 Å². The number of hydrogen-bond acceptors (Lipinski definition) is 3. The summed E-state index contributed by atoms with van der Waals surface area (Å²) in [4.78, 5) is 20.4. The number of anilines is 1. The van der Waals surface area contributed by atoms with E-state index >= 15 is 0 Å². The lowest BCUT2D eigenvalue weighted by atomic mass is 9.77. The van der Waals surface area contributed by atoms with Crippen LogP contribution in [0.3, 0.4) is 0 Å². The maximum absolute atomic E-state index is 11.5. The predicted molar refractivity (Wildman–Crippen MR) is 72.2 cm³/mol. The minimum absolute atomic E-state index is 0.222. The summed E-state index contributed by atoms with van der Waals surface area (Å²) in [7, 11) is 0. The fourth-order valence-corrected chi connectivity index (χ4v) is 3.63. The largest absolute Gasteiger partial charge is 0.355 e. The zero-order chi connectivity index (χ0) is 12.6. The highest BCUT2D eigenvalue weighted by Crippen LogP contribution is 2.46. The van der Waals surface area contributed by atoms with Crippen LogP contribution in [0.4, 0.5) is 5.82 Å². The lowest BCUT2D eigenvalue weighted by molar-refractivity contribution is 0.226. The average molecular weight is 268 g/mol. The van der Waals surface area contributed by atoms with Crippen molar-refractivity contribution in [3.05, 3.63) is 21.7 Å². The van der Waals surface area contributed by atoms with Gasteiger partial charge in [-0.2, -0.15) is 0 Å². The van der Waals surface area contributed by atoms with E-state index in [0.717, 1.165) is 13.1 Å². The number of H-pyrrole nitrogens is 1. The Hall–Kier alpha value is -1.03. The quantitative estimate of drug-likeness (QED) is 0.851. The van der Waals surface area contributed by atoms with Gasteiger partial charge in [0, 0.05) is 13.1 Å². The van der Waals surface area contributed by atoms with Crippen LogP contribution in [0.25, 0.3) is 0 Å². The normalized spacial score (nSPS) is 22.6. The van der Waals surface area contributed by atoms with E-state index in [4.69, 9.17) is 11.6 Å². The number of hydrogen-bond donors (Lipinski definition) is 1. The second-order valence-corrected chi connectivity index (χ2v) is 5.94. The molecular weight excluding hydrogens is 250 g/mol. The Labute approximate surface area is 111 Å². The van der Waals surface area contributed by atoms with Gasteiger partial charge in [-0.05, 0) is 31.1 Å². The molecule has 0 aromatic carbocycles.